The van der Waals surface area contributed by atoms with E-state index in [9.17, 15) is 0 Å². The summed E-state index contributed by atoms with van der Waals surface area (Å²) in [5.74, 6) is 0.828. The zero-order valence-electron chi connectivity index (χ0n) is 8.80. The van der Waals surface area contributed by atoms with Crippen molar-refractivity contribution in [2.45, 2.75) is 44.9 Å². The normalized spacial score (nSPS) is 26.5. The minimum Gasteiger partial charge on any atom is -0.381 e. The Labute approximate surface area is 86.2 Å². The molecule has 0 atom stereocenters. The van der Waals surface area contributed by atoms with E-state index < -0.39 is 0 Å². The van der Waals surface area contributed by atoms with Gasteiger partial charge in [0.05, 0.1) is 11.5 Å². The lowest BCUT2D eigenvalue weighted by atomic mass is 9.66. The summed E-state index contributed by atoms with van der Waals surface area (Å²) in [4.78, 5) is 0. The first kappa shape index (κ1) is 9.98. The van der Waals surface area contributed by atoms with Crippen LogP contribution < -0.4 is 0 Å². The van der Waals surface area contributed by atoms with Crippen molar-refractivity contribution in [3.63, 3.8) is 0 Å². The number of hydrogen-bond acceptors (Lipinski definition) is 2. The molecule has 0 N–H and O–H groups in total. The standard InChI is InChI=1S/C12H19NO/c13-10-12(5-1-6-12)7-2-11-3-8-14-9-4-11/h11H,1-9H2. The van der Waals surface area contributed by atoms with Crippen LogP contribution >= 0.6 is 0 Å². The highest BCUT2D eigenvalue weighted by Crippen LogP contribution is 2.45. The van der Waals surface area contributed by atoms with Crippen LogP contribution in [0.15, 0.2) is 0 Å². The van der Waals surface area contributed by atoms with E-state index in [4.69, 9.17) is 10.00 Å². The summed E-state index contributed by atoms with van der Waals surface area (Å²) in [6.07, 6.45) is 8.36. The predicted molar refractivity (Wildman–Crippen MR) is 54.7 cm³/mol. The van der Waals surface area contributed by atoms with E-state index in [1.54, 1.807) is 0 Å². The second-order valence-corrected chi connectivity index (χ2v) is 4.84. The van der Waals surface area contributed by atoms with Crippen LogP contribution in [0.25, 0.3) is 0 Å². The molecule has 2 aliphatic rings. The summed E-state index contributed by atoms with van der Waals surface area (Å²) < 4.78 is 5.33. The number of hydrogen-bond donors (Lipinski definition) is 0. The van der Waals surface area contributed by atoms with Crippen LogP contribution in [0.5, 0.6) is 0 Å². The average molecular weight is 193 g/mol. The fraction of sp³-hybridized carbons (Fsp3) is 0.917. The third kappa shape index (κ3) is 2.09. The van der Waals surface area contributed by atoms with Crippen molar-refractivity contribution in [2.75, 3.05) is 13.2 Å². The molecule has 0 radical (unpaired) electrons. The first-order valence-corrected chi connectivity index (χ1v) is 5.84. The Hall–Kier alpha value is -0.550. The van der Waals surface area contributed by atoms with E-state index >= 15 is 0 Å². The summed E-state index contributed by atoms with van der Waals surface area (Å²) in [6, 6.07) is 2.52. The van der Waals surface area contributed by atoms with Gasteiger partial charge in [0, 0.05) is 13.2 Å². The van der Waals surface area contributed by atoms with Gasteiger partial charge in [-0.05, 0) is 44.4 Å². The van der Waals surface area contributed by atoms with Gasteiger partial charge in [0.2, 0.25) is 0 Å². The molecule has 0 aromatic heterocycles. The van der Waals surface area contributed by atoms with Crippen molar-refractivity contribution >= 4 is 0 Å². The molecule has 0 spiro atoms. The van der Waals surface area contributed by atoms with Crippen molar-refractivity contribution in [3.8, 4) is 6.07 Å². The molecule has 14 heavy (non-hydrogen) atoms. The fourth-order valence-corrected chi connectivity index (χ4v) is 2.54. The van der Waals surface area contributed by atoms with Crippen LogP contribution in [-0.2, 0) is 4.74 Å². The minimum atomic E-state index is 0.0817. The third-order valence-corrected chi connectivity index (χ3v) is 3.92. The van der Waals surface area contributed by atoms with Gasteiger partial charge in [0.15, 0.2) is 0 Å². The Morgan fingerprint density at radius 2 is 2.00 bits per heavy atom. The predicted octanol–water partition coefficient (Wildman–Crippen LogP) is 2.89. The van der Waals surface area contributed by atoms with E-state index in [-0.39, 0.29) is 5.41 Å². The van der Waals surface area contributed by atoms with Crippen LogP contribution in [0, 0.1) is 22.7 Å². The van der Waals surface area contributed by atoms with Gasteiger partial charge in [-0.1, -0.05) is 6.42 Å². The molecule has 1 aliphatic carbocycles. The van der Waals surface area contributed by atoms with E-state index in [1.807, 2.05) is 0 Å². The molecule has 2 heteroatoms. The number of rotatable bonds is 3. The highest BCUT2D eigenvalue weighted by molar-refractivity contribution is 5.04. The van der Waals surface area contributed by atoms with Crippen LogP contribution in [0.1, 0.15) is 44.9 Å². The van der Waals surface area contributed by atoms with Crippen molar-refractivity contribution in [3.05, 3.63) is 0 Å². The largest absolute Gasteiger partial charge is 0.381 e. The van der Waals surface area contributed by atoms with Crippen LogP contribution in [0.4, 0.5) is 0 Å². The molecule has 0 unspecified atom stereocenters. The average Bonchev–Trinajstić information content (AvgIpc) is 2.19. The summed E-state index contributed by atoms with van der Waals surface area (Å²) in [7, 11) is 0. The van der Waals surface area contributed by atoms with Gasteiger partial charge in [-0.3, -0.25) is 0 Å². The van der Waals surface area contributed by atoms with Crippen molar-refractivity contribution in [2.24, 2.45) is 11.3 Å². The smallest absolute Gasteiger partial charge is 0.0689 e. The number of ether oxygens (including phenoxy) is 1. The first-order chi connectivity index (χ1) is 6.85. The number of nitriles is 1. The fourth-order valence-electron chi connectivity index (χ4n) is 2.54. The molecule has 1 heterocycles. The van der Waals surface area contributed by atoms with Gasteiger partial charge < -0.3 is 4.74 Å². The Balaban J connectivity index is 1.73. The highest BCUT2D eigenvalue weighted by Gasteiger charge is 2.37. The van der Waals surface area contributed by atoms with Gasteiger partial charge in [0.25, 0.3) is 0 Å². The molecule has 0 bridgehead atoms. The van der Waals surface area contributed by atoms with E-state index in [0.29, 0.717) is 0 Å². The Kier molecular flexibility index (Phi) is 3.08. The molecule has 2 nitrogen and oxygen atoms in total. The molecule has 0 aromatic carbocycles. The lowest BCUT2D eigenvalue weighted by Crippen LogP contribution is -2.28. The van der Waals surface area contributed by atoms with Gasteiger partial charge in [-0.2, -0.15) is 5.26 Å². The summed E-state index contributed by atoms with van der Waals surface area (Å²) >= 11 is 0. The summed E-state index contributed by atoms with van der Waals surface area (Å²) in [6.45, 7) is 1.87. The molecule has 1 saturated carbocycles. The van der Waals surface area contributed by atoms with Crippen LogP contribution in [0.3, 0.4) is 0 Å². The minimum absolute atomic E-state index is 0.0817. The summed E-state index contributed by atoms with van der Waals surface area (Å²) in [5, 5.41) is 9.09. The molecule has 2 fully saturated rings. The van der Waals surface area contributed by atoms with E-state index in [2.05, 4.69) is 6.07 Å². The molecule has 0 amide bonds. The summed E-state index contributed by atoms with van der Waals surface area (Å²) in [5.41, 5.74) is 0.0817. The zero-order chi connectivity index (χ0) is 9.86. The van der Waals surface area contributed by atoms with Crippen LogP contribution in [0.2, 0.25) is 0 Å². The van der Waals surface area contributed by atoms with Crippen LogP contribution in [-0.4, -0.2) is 13.2 Å². The molecule has 0 aromatic rings. The third-order valence-electron chi connectivity index (χ3n) is 3.92. The van der Waals surface area contributed by atoms with Gasteiger partial charge in [0.1, 0.15) is 0 Å². The zero-order valence-corrected chi connectivity index (χ0v) is 8.80. The van der Waals surface area contributed by atoms with E-state index in [0.717, 1.165) is 38.4 Å². The van der Waals surface area contributed by atoms with Gasteiger partial charge in [-0.25, -0.2) is 0 Å². The lowest BCUT2D eigenvalue weighted by molar-refractivity contribution is 0.0565. The molecular weight excluding hydrogens is 174 g/mol. The maximum atomic E-state index is 9.09. The first-order valence-electron chi connectivity index (χ1n) is 5.84. The molecule has 1 saturated heterocycles. The monoisotopic (exact) mass is 193 g/mol. The highest BCUT2D eigenvalue weighted by atomic mass is 16.5. The van der Waals surface area contributed by atoms with Crippen molar-refractivity contribution < 1.29 is 4.74 Å². The second kappa shape index (κ2) is 4.31. The molecule has 2 rings (SSSR count). The Morgan fingerprint density at radius 3 is 2.50 bits per heavy atom. The lowest BCUT2D eigenvalue weighted by Gasteiger charge is -2.36. The van der Waals surface area contributed by atoms with Crippen molar-refractivity contribution in [1.82, 2.24) is 0 Å². The quantitative estimate of drug-likeness (QED) is 0.690. The topological polar surface area (TPSA) is 33.0 Å². The van der Waals surface area contributed by atoms with Gasteiger partial charge in [-0.15, -0.1) is 0 Å². The van der Waals surface area contributed by atoms with Crippen molar-refractivity contribution in [1.29, 1.82) is 5.26 Å². The Morgan fingerprint density at radius 1 is 1.29 bits per heavy atom. The molecule has 1 aliphatic heterocycles. The molecular formula is C12H19NO. The Bertz CT molecular complexity index is 221. The number of nitrogens with zero attached hydrogens (tertiary/aromatic N) is 1. The SMILES string of the molecule is N#CC1(CCC2CCOCC2)CCC1. The van der Waals surface area contributed by atoms with E-state index in [1.165, 1.54) is 25.7 Å². The maximum absolute atomic E-state index is 9.09. The maximum Gasteiger partial charge on any atom is 0.0689 e. The molecule has 78 valence electrons. The second-order valence-electron chi connectivity index (χ2n) is 4.84. The van der Waals surface area contributed by atoms with Gasteiger partial charge >= 0.3 is 0 Å².